The Kier molecular flexibility index (Phi) is 4.19. The molecule has 1 aromatic carbocycles. The highest BCUT2D eigenvalue weighted by Gasteiger charge is 2.29. The van der Waals surface area contributed by atoms with E-state index in [-0.39, 0.29) is 5.41 Å². The molecule has 0 heterocycles. The van der Waals surface area contributed by atoms with Gasteiger partial charge in [-0.25, -0.2) is 0 Å². The van der Waals surface area contributed by atoms with Gasteiger partial charge >= 0.3 is 0 Å². The van der Waals surface area contributed by atoms with Crippen LogP contribution < -0.4 is 0 Å². The van der Waals surface area contributed by atoms with Gasteiger partial charge in [0.05, 0.1) is 5.71 Å². The molecule has 2 nitrogen and oxygen atoms in total. The fourth-order valence-electron chi connectivity index (χ4n) is 2.58. The van der Waals surface area contributed by atoms with Gasteiger partial charge in [0, 0.05) is 5.41 Å². The summed E-state index contributed by atoms with van der Waals surface area (Å²) in [6.07, 6.45) is 9.87. The van der Waals surface area contributed by atoms with Crippen molar-refractivity contribution in [2.75, 3.05) is 0 Å². The lowest BCUT2D eigenvalue weighted by atomic mass is 9.80. The Morgan fingerprint density at radius 1 is 1.17 bits per heavy atom. The van der Waals surface area contributed by atoms with Crippen molar-refractivity contribution >= 4 is 11.8 Å². The number of nitrogens with zero attached hydrogens (tertiary/aromatic N) is 1. The molecule has 1 atom stereocenters. The molecule has 0 amide bonds. The number of benzene rings is 1. The molecule has 1 fully saturated rings. The van der Waals surface area contributed by atoms with Crippen LogP contribution in [-0.4, -0.2) is 10.9 Å². The second-order valence-corrected chi connectivity index (χ2v) is 5.27. The summed E-state index contributed by atoms with van der Waals surface area (Å²) in [5.74, 6) is 0. The first-order valence-corrected chi connectivity index (χ1v) is 6.70. The van der Waals surface area contributed by atoms with Gasteiger partial charge in [-0.15, -0.1) is 0 Å². The van der Waals surface area contributed by atoms with E-state index in [1.807, 2.05) is 18.2 Å². The van der Waals surface area contributed by atoms with Crippen molar-refractivity contribution in [1.82, 2.24) is 0 Å². The summed E-state index contributed by atoms with van der Waals surface area (Å²) in [6, 6.07) is 10.3. The van der Waals surface area contributed by atoms with Gasteiger partial charge in [-0.1, -0.05) is 67.4 Å². The third-order valence-corrected chi connectivity index (χ3v) is 3.83. The van der Waals surface area contributed by atoms with Crippen LogP contribution in [0.5, 0.6) is 0 Å². The van der Waals surface area contributed by atoms with Gasteiger partial charge in [-0.2, -0.15) is 0 Å². The Labute approximate surface area is 109 Å². The van der Waals surface area contributed by atoms with E-state index in [0.29, 0.717) is 0 Å². The number of hydrogen-bond acceptors (Lipinski definition) is 2. The van der Waals surface area contributed by atoms with Crippen molar-refractivity contribution in [2.45, 2.75) is 39.0 Å². The quantitative estimate of drug-likeness (QED) is 0.463. The first-order valence-electron chi connectivity index (χ1n) is 6.70. The molecule has 0 radical (unpaired) electrons. The van der Waals surface area contributed by atoms with E-state index in [2.05, 4.69) is 36.4 Å². The minimum atomic E-state index is -0.0961. The van der Waals surface area contributed by atoms with E-state index in [1.165, 1.54) is 18.4 Å². The monoisotopic (exact) mass is 243 g/mol. The topological polar surface area (TPSA) is 32.6 Å². The zero-order valence-corrected chi connectivity index (χ0v) is 11.0. The molecule has 18 heavy (non-hydrogen) atoms. The molecule has 0 aliphatic heterocycles. The summed E-state index contributed by atoms with van der Waals surface area (Å²) in [5.41, 5.74) is 2.02. The standard InChI is InChI=1S/C16H21NO/c1-16(12-7-3-6-10-15(16)17-18)13-11-14-8-4-2-5-9-14/h2,4-5,8-9,11,13,18H,3,6-7,10,12H2,1H3/b13-11+,17-15+. The molecule has 0 saturated heterocycles. The Hall–Kier alpha value is -1.57. The maximum atomic E-state index is 9.20. The molecule has 1 unspecified atom stereocenters. The first-order chi connectivity index (χ1) is 8.74. The van der Waals surface area contributed by atoms with E-state index < -0.39 is 0 Å². The molecule has 96 valence electrons. The number of rotatable bonds is 2. The number of hydrogen-bond donors (Lipinski definition) is 1. The molecule has 0 spiro atoms. The van der Waals surface area contributed by atoms with E-state index in [1.54, 1.807) is 0 Å². The van der Waals surface area contributed by atoms with Crippen LogP contribution in [0.1, 0.15) is 44.6 Å². The van der Waals surface area contributed by atoms with Crippen LogP contribution in [0.4, 0.5) is 0 Å². The maximum absolute atomic E-state index is 9.20. The summed E-state index contributed by atoms with van der Waals surface area (Å²) >= 11 is 0. The fraction of sp³-hybridized carbons (Fsp3) is 0.438. The molecule has 1 aromatic rings. The van der Waals surface area contributed by atoms with Crippen molar-refractivity contribution in [1.29, 1.82) is 0 Å². The second-order valence-electron chi connectivity index (χ2n) is 5.27. The zero-order valence-electron chi connectivity index (χ0n) is 11.0. The van der Waals surface area contributed by atoms with Crippen LogP contribution in [0.25, 0.3) is 6.08 Å². The smallest absolute Gasteiger partial charge is 0.0667 e. The SMILES string of the molecule is CC1(/C=C/c2ccccc2)CCCCC/C1=N\O. The third-order valence-electron chi connectivity index (χ3n) is 3.83. The van der Waals surface area contributed by atoms with Gasteiger partial charge in [0.15, 0.2) is 0 Å². The Balaban J connectivity index is 2.21. The van der Waals surface area contributed by atoms with Crippen LogP contribution in [0.15, 0.2) is 41.6 Å². The fourth-order valence-corrected chi connectivity index (χ4v) is 2.58. The minimum Gasteiger partial charge on any atom is -0.411 e. The molecule has 1 saturated carbocycles. The molecule has 1 aliphatic rings. The van der Waals surface area contributed by atoms with E-state index in [4.69, 9.17) is 0 Å². The van der Waals surface area contributed by atoms with Gasteiger partial charge in [-0.3, -0.25) is 0 Å². The minimum absolute atomic E-state index is 0.0961. The van der Waals surface area contributed by atoms with E-state index in [9.17, 15) is 5.21 Å². The highest BCUT2D eigenvalue weighted by Crippen LogP contribution is 2.34. The highest BCUT2D eigenvalue weighted by molar-refractivity contribution is 5.92. The van der Waals surface area contributed by atoms with Crippen LogP contribution in [0, 0.1) is 5.41 Å². The van der Waals surface area contributed by atoms with Crippen LogP contribution in [0.2, 0.25) is 0 Å². The van der Waals surface area contributed by atoms with Gasteiger partial charge in [-0.05, 0) is 24.8 Å². The molecule has 0 aromatic heterocycles. The second kappa shape index (κ2) is 5.85. The van der Waals surface area contributed by atoms with Crippen molar-refractivity contribution in [3.05, 3.63) is 42.0 Å². The lowest BCUT2D eigenvalue weighted by Crippen LogP contribution is -2.24. The van der Waals surface area contributed by atoms with Gasteiger partial charge < -0.3 is 5.21 Å². The van der Waals surface area contributed by atoms with Crippen molar-refractivity contribution in [3.8, 4) is 0 Å². The normalized spacial score (nSPS) is 27.5. The molecular formula is C16H21NO. The summed E-state index contributed by atoms with van der Waals surface area (Å²) in [6.45, 7) is 2.17. The predicted molar refractivity (Wildman–Crippen MR) is 75.9 cm³/mol. The largest absolute Gasteiger partial charge is 0.411 e. The summed E-state index contributed by atoms with van der Waals surface area (Å²) in [7, 11) is 0. The Morgan fingerprint density at radius 3 is 2.67 bits per heavy atom. The molecule has 1 aliphatic carbocycles. The average Bonchev–Trinajstić information content (AvgIpc) is 2.60. The van der Waals surface area contributed by atoms with Gasteiger partial charge in [0.2, 0.25) is 0 Å². The lowest BCUT2D eigenvalue weighted by Gasteiger charge is -2.24. The Bertz CT molecular complexity index is 436. The van der Waals surface area contributed by atoms with Crippen LogP contribution >= 0.6 is 0 Å². The highest BCUT2D eigenvalue weighted by atomic mass is 16.4. The molecule has 1 N–H and O–H groups in total. The molecular weight excluding hydrogens is 222 g/mol. The first kappa shape index (κ1) is 12.9. The third kappa shape index (κ3) is 3.00. The zero-order chi connectivity index (χ0) is 12.8. The van der Waals surface area contributed by atoms with Crippen molar-refractivity contribution in [2.24, 2.45) is 10.6 Å². The average molecular weight is 243 g/mol. The molecule has 2 heteroatoms. The van der Waals surface area contributed by atoms with E-state index >= 15 is 0 Å². The predicted octanol–water partition coefficient (Wildman–Crippen LogP) is 4.50. The molecule has 2 rings (SSSR count). The van der Waals surface area contributed by atoms with Crippen LogP contribution in [-0.2, 0) is 0 Å². The summed E-state index contributed by atoms with van der Waals surface area (Å²) in [5, 5.41) is 12.7. The van der Waals surface area contributed by atoms with Gasteiger partial charge in [0.25, 0.3) is 0 Å². The van der Waals surface area contributed by atoms with Crippen molar-refractivity contribution < 1.29 is 5.21 Å². The number of allylic oxidation sites excluding steroid dienone is 1. The Morgan fingerprint density at radius 2 is 1.94 bits per heavy atom. The van der Waals surface area contributed by atoms with Crippen LogP contribution in [0.3, 0.4) is 0 Å². The lowest BCUT2D eigenvalue weighted by molar-refractivity contribution is 0.309. The maximum Gasteiger partial charge on any atom is 0.0667 e. The summed E-state index contributed by atoms with van der Waals surface area (Å²) < 4.78 is 0. The number of oxime groups is 1. The summed E-state index contributed by atoms with van der Waals surface area (Å²) in [4.78, 5) is 0. The van der Waals surface area contributed by atoms with Gasteiger partial charge in [0.1, 0.15) is 0 Å². The van der Waals surface area contributed by atoms with Crippen molar-refractivity contribution in [3.63, 3.8) is 0 Å². The molecule has 0 bridgehead atoms. The van der Waals surface area contributed by atoms with E-state index in [0.717, 1.165) is 25.0 Å².